The van der Waals surface area contributed by atoms with E-state index in [1.807, 2.05) is 17.9 Å². The summed E-state index contributed by atoms with van der Waals surface area (Å²) in [5, 5.41) is 6.68. The van der Waals surface area contributed by atoms with Gasteiger partial charge in [0, 0.05) is 32.4 Å². The van der Waals surface area contributed by atoms with Crippen molar-refractivity contribution < 1.29 is 4.79 Å². The van der Waals surface area contributed by atoms with Crippen LogP contribution in [-0.2, 0) is 4.79 Å². The van der Waals surface area contributed by atoms with Crippen molar-refractivity contribution in [1.29, 1.82) is 0 Å². The molecule has 1 amide bonds. The third-order valence-corrected chi connectivity index (χ3v) is 3.13. The van der Waals surface area contributed by atoms with Crippen molar-refractivity contribution in [3.8, 4) is 0 Å². The molecule has 2 N–H and O–H groups in total. The standard InChI is InChI=1S/C12H17ClN4O/c1-2-15-12(18)10-8-14-5-6-17(10)11-4-3-9(13)7-16-11/h3-4,7,10,14H,2,5-6,8H2,1H3,(H,15,18). The minimum Gasteiger partial charge on any atom is -0.355 e. The number of nitrogens with zero attached hydrogens (tertiary/aromatic N) is 2. The van der Waals surface area contributed by atoms with E-state index < -0.39 is 0 Å². The monoisotopic (exact) mass is 268 g/mol. The van der Waals surface area contributed by atoms with Crippen LogP contribution in [0.1, 0.15) is 6.92 Å². The first-order valence-electron chi connectivity index (χ1n) is 6.09. The maximum atomic E-state index is 12.0. The fourth-order valence-corrected chi connectivity index (χ4v) is 2.15. The first kappa shape index (κ1) is 13.1. The highest BCUT2D eigenvalue weighted by atomic mass is 35.5. The van der Waals surface area contributed by atoms with E-state index in [-0.39, 0.29) is 11.9 Å². The van der Waals surface area contributed by atoms with Gasteiger partial charge in [0.15, 0.2) is 0 Å². The van der Waals surface area contributed by atoms with Gasteiger partial charge in [-0.1, -0.05) is 11.6 Å². The molecule has 2 heterocycles. The molecular weight excluding hydrogens is 252 g/mol. The van der Waals surface area contributed by atoms with Gasteiger partial charge < -0.3 is 15.5 Å². The van der Waals surface area contributed by atoms with Gasteiger partial charge in [0.25, 0.3) is 0 Å². The number of anilines is 1. The van der Waals surface area contributed by atoms with Crippen LogP contribution in [0.5, 0.6) is 0 Å². The molecule has 98 valence electrons. The summed E-state index contributed by atoms with van der Waals surface area (Å²) in [6.45, 7) is 4.79. The Morgan fingerprint density at radius 1 is 1.67 bits per heavy atom. The highest BCUT2D eigenvalue weighted by Gasteiger charge is 2.28. The smallest absolute Gasteiger partial charge is 0.244 e. The van der Waals surface area contributed by atoms with Gasteiger partial charge in [0.05, 0.1) is 5.02 Å². The van der Waals surface area contributed by atoms with Crippen molar-refractivity contribution in [1.82, 2.24) is 15.6 Å². The number of amides is 1. The van der Waals surface area contributed by atoms with Crippen LogP contribution in [0, 0.1) is 0 Å². The average molecular weight is 269 g/mol. The van der Waals surface area contributed by atoms with Crippen LogP contribution < -0.4 is 15.5 Å². The van der Waals surface area contributed by atoms with Crippen LogP contribution in [0.2, 0.25) is 5.02 Å². The van der Waals surface area contributed by atoms with Gasteiger partial charge in [-0.15, -0.1) is 0 Å². The highest BCUT2D eigenvalue weighted by Crippen LogP contribution is 2.17. The zero-order valence-electron chi connectivity index (χ0n) is 10.3. The third kappa shape index (κ3) is 2.91. The van der Waals surface area contributed by atoms with E-state index in [9.17, 15) is 4.79 Å². The molecule has 0 radical (unpaired) electrons. The second-order valence-corrected chi connectivity index (χ2v) is 4.58. The second-order valence-electron chi connectivity index (χ2n) is 4.14. The number of aromatic nitrogens is 1. The number of carbonyl (C=O) groups excluding carboxylic acids is 1. The molecule has 1 aromatic heterocycles. The molecule has 1 aliphatic heterocycles. The number of hydrogen-bond donors (Lipinski definition) is 2. The Balaban J connectivity index is 2.17. The van der Waals surface area contributed by atoms with Crippen LogP contribution in [0.4, 0.5) is 5.82 Å². The molecule has 0 spiro atoms. The largest absolute Gasteiger partial charge is 0.355 e. The second kappa shape index (κ2) is 6.02. The van der Waals surface area contributed by atoms with Gasteiger partial charge in [0.1, 0.15) is 11.9 Å². The molecule has 2 rings (SSSR count). The summed E-state index contributed by atoms with van der Waals surface area (Å²) in [4.78, 5) is 18.3. The molecule has 0 bridgehead atoms. The molecule has 0 saturated carbocycles. The summed E-state index contributed by atoms with van der Waals surface area (Å²) in [5.41, 5.74) is 0. The number of halogens is 1. The highest BCUT2D eigenvalue weighted by molar-refractivity contribution is 6.30. The van der Waals surface area contributed by atoms with E-state index in [4.69, 9.17) is 11.6 Å². The fraction of sp³-hybridized carbons (Fsp3) is 0.500. The summed E-state index contributed by atoms with van der Waals surface area (Å²) in [5.74, 6) is 0.818. The molecule has 1 saturated heterocycles. The van der Waals surface area contributed by atoms with Gasteiger partial charge in [0.2, 0.25) is 5.91 Å². The average Bonchev–Trinajstić information content (AvgIpc) is 2.40. The summed E-state index contributed by atoms with van der Waals surface area (Å²) < 4.78 is 0. The Morgan fingerprint density at radius 3 is 3.17 bits per heavy atom. The molecule has 6 heteroatoms. The van der Waals surface area contributed by atoms with Crippen molar-refractivity contribution in [3.63, 3.8) is 0 Å². The Kier molecular flexibility index (Phi) is 4.38. The lowest BCUT2D eigenvalue weighted by Gasteiger charge is -2.35. The molecule has 0 aromatic carbocycles. The van der Waals surface area contributed by atoms with Crippen molar-refractivity contribution in [3.05, 3.63) is 23.4 Å². The minimum absolute atomic E-state index is 0.0291. The van der Waals surface area contributed by atoms with Crippen molar-refractivity contribution >= 4 is 23.3 Å². The fourth-order valence-electron chi connectivity index (χ4n) is 2.04. The number of hydrogen-bond acceptors (Lipinski definition) is 4. The number of likely N-dealkylation sites (N-methyl/N-ethyl adjacent to an activating group) is 1. The number of rotatable bonds is 3. The number of pyridine rings is 1. The van der Waals surface area contributed by atoms with Gasteiger partial charge in [-0.3, -0.25) is 4.79 Å². The summed E-state index contributed by atoms with van der Waals surface area (Å²) in [6.07, 6.45) is 1.60. The van der Waals surface area contributed by atoms with Crippen LogP contribution in [0.25, 0.3) is 0 Å². The Bertz CT molecular complexity index is 409. The van der Waals surface area contributed by atoms with Gasteiger partial charge in [-0.25, -0.2) is 4.98 Å². The predicted octanol–water partition coefficient (Wildman–Crippen LogP) is 0.649. The summed E-state index contributed by atoms with van der Waals surface area (Å²) in [7, 11) is 0. The van der Waals surface area contributed by atoms with Crippen molar-refractivity contribution in [2.24, 2.45) is 0 Å². The van der Waals surface area contributed by atoms with Crippen LogP contribution in [0.3, 0.4) is 0 Å². The number of piperazine rings is 1. The Morgan fingerprint density at radius 2 is 2.50 bits per heavy atom. The summed E-state index contributed by atoms with van der Waals surface area (Å²) >= 11 is 5.83. The quantitative estimate of drug-likeness (QED) is 0.845. The van der Waals surface area contributed by atoms with Gasteiger partial charge in [-0.2, -0.15) is 0 Å². The molecule has 1 aromatic rings. The van der Waals surface area contributed by atoms with E-state index in [0.29, 0.717) is 18.1 Å². The number of nitrogens with one attached hydrogen (secondary N) is 2. The van der Waals surface area contributed by atoms with Crippen molar-refractivity contribution in [2.75, 3.05) is 31.1 Å². The lowest BCUT2D eigenvalue weighted by atomic mass is 10.1. The predicted molar refractivity (Wildman–Crippen MR) is 71.9 cm³/mol. The molecule has 1 unspecified atom stereocenters. The topological polar surface area (TPSA) is 57.3 Å². The molecule has 18 heavy (non-hydrogen) atoms. The SMILES string of the molecule is CCNC(=O)C1CNCCN1c1ccc(Cl)cn1. The first-order valence-corrected chi connectivity index (χ1v) is 6.46. The summed E-state index contributed by atoms with van der Waals surface area (Å²) in [6, 6.07) is 3.42. The number of carbonyl (C=O) groups is 1. The maximum absolute atomic E-state index is 12.0. The molecular formula is C12H17ClN4O. The van der Waals surface area contributed by atoms with E-state index >= 15 is 0 Å². The van der Waals surface area contributed by atoms with E-state index in [2.05, 4.69) is 15.6 Å². The molecule has 0 aliphatic carbocycles. The zero-order valence-corrected chi connectivity index (χ0v) is 11.1. The molecule has 1 atom stereocenters. The van der Waals surface area contributed by atoms with Crippen LogP contribution >= 0.6 is 11.6 Å². The molecule has 1 aliphatic rings. The van der Waals surface area contributed by atoms with Gasteiger partial charge in [-0.05, 0) is 19.1 Å². The first-order chi connectivity index (χ1) is 8.72. The van der Waals surface area contributed by atoms with Gasteiger partial charge >= 0.3 is 0 Å². The van der Waals surface area contributed by atoms with Crippen molar-refractivity contribution in [2.45, 2.75) is 13.0 Å². The third-order valence-electron chi connectivity index (χ3n) is 2.90. The van der Waals surface area contributed by atoms with E-state index in [1.54, 1.807) is 12.3 Å². The van der Waals surface area contributed by atoms with Crippen LogP contribution in [-0.4, -0.2) is 43.1 Å². The minimum atomic E-state index is -0.215. The van der Waals surface area contributed by atoms with E-state index in [0.717, 1.165) is 18.9 Å². The lowest BCUT2D eigenvalue weighted by Crippen LogP contribution is -2.58. The zero-order chi connectivity index (χ0) is 13.0. The maximum Gasteiger partial charge on any atom is 0.244 e. The Hall–Kier alpha value is -1.33. The van der Waals surface area contributed by atoms with E-state index in [1.165, 1.54) is 0 Å². The normalized spacial score (nSPS) is 19.7. The van der Waals surface area contributed by atoms with Crippen LogP contribution in [0.15, 0.2) is 18.3 Å². The molecule has 1 fully saturated rings. The lowest BCUT2D eigenvalue weighted by molar-refractivity contribution is -0.122. The Labute approximate surface area is 112 Å². The molecule has 5 nitrogen and oxygen atoms in total.